The van der Waals surface area contributed by atoms with Gasteiger partial charge in [-0.1, -0.05) is 6.92 Å². The summed E-state index contributed by atoms with van der Waals surface area (Å²) < 4.78 is 0. The molecule has 0 amide bonds. The van der Waals surface area contributed by atoms with E-state index in [0.29, 0.717) is 6.04 Å². The Hall–Kier alpha value is -1.16. The molecule has 0 radical (unpaired) electrons. The van der Waals surface area contributed by atoms with E-state index in [1.807, 2.05) is 6.92 Å². The number of aryl methyl sites for hydroxylation is 1. The fraction of sp³-hybridized carbons (Fsp3) is 0.692. The fourth-order valence-electron chi connectivity index (χ4n) is 2.48. The van der Waals surface area contributed by atoms with Crippen LogP contribution < -0.4 is 4.90 Å². The van der Waals surface area contributed by atoms with Crippen LogP contribution in [0.4, 0.5) is 5.95 Å². The maximum absolute atomic E-state index is 9.11. The molecule has 1 saturated heterocycles. The van der Waals surface area contributed by atoms with Crippen molar-refractivity contribution in [3.8, 4) is 0 Å². The van der Waals surface area contributed by atoms with Crippen LogP contribution in [-0.2, 0) is 6.61 Å². The van der Waals surface area contributed by atoms with Crippen LogP contribution in [0.2, 0.25) is 0 Å². The molecular weight excluding hydrogens is 214 g/mol. The average molecular weight is 235 g/mol. The number of hydrogen-bond donors (Lipinski definition) is 1. The van der Waals surface area contributed by atoms with Crippen molar-refractivity contribution in [1.82, 2.24) is 9.97 Å². The van der Waals surface area contributed by atoms with Gasteiger partial charge in [-0.2, -0.15) is 0 Å². The van der Waals surface area contributed by atoms with E-state index in [-0.39, 0.29) is 6.61 Å². The lowest BCUT2D eigenvalue weighted by atomic mass is 9.94. The molecule has 4 nitrogen and oxygen atoms in total. The molecule has 0 bridgehead atoms. The highest BCUT2D eigenvalue weighted by Crippen LogP contribution is 2.25. The van der Waals surface area contributed by atoms with Crippen LogP contribution in [0.1, 0.15) is 37.9 Å². The zero-order chi connectivity index (χ0) is 12.4. The van der Waals surface area contributed by atoms with Gasteiger partial charge < -0.3 is 10.0 Å². The van der Waals surface area contributed by atoms with E-state index < -0.39 is 0 Å². The molecule has 2 unspecified atom stereocenters. The van der Waals surface area contributed by atoms with Crippen molar-refractivity contribution in [3.63, 3.8) is 0 Å². The Morgan fingerprint density at radius 1 is 1.47 bits per heavy atom. The average Bonchev–Trinajstić information content (AvgIpc) is 2.29. The number of hydrogen-bond acceptors (Lipinski definition) is 4. The van der Waals surface area contributed by atoms with Crippen LogP contribution in [0.15, 0.2) is 6.20 Å². The van der Waals surface area contributed by atoms with Gasteiger partial charge in [0.1, 0.15) is 0 Å². The highest BCUT2D eigenvalue weighted by atomic mass is 16.3. The smallest absolute Gasteiger partial charge is 0.225 e. The maximum Gasteiger partial charge on any atom is 0.225 e. The van der Waals surface area contributed by atoms with Gasteiger partial charge in [0.2, 0.25) is 5.95 Å². The largest absolute Gasteiger partial charge is 0.392 e. The molecule has 0 aromatic carbocycles. The number of piperidine rings is 1. The SMILES string of the molecule is Cc1nc(N2CCC(C)CC2C)ncc1CO. The first-order valence-electron chi connectivity index (χ1n) is 6.31. The molecule has 94 valence electrons. The number of aliphatic hydroxyl groups excluding tert-OH is 1. The van der Waals surface area contributed by atoms with E-state index in [4.69, 9.17) is 5.11 Å². The zero-order valence-electron chi connectivity index (χ0n) is 10.8. The summed E-state index contributed by atoms with van der Waals surface area (Å²) in [6.45, 7) is 7.50. The fourth-order valence-corrected chi connectivity index (χ4v) is 2.48. The predicted octanol–water partition coefficient (Wildman–Crippen LogP) is 1.90. The van der Waals surface area contributed by atoms with E-state index in [1.165, 1.54) is 12.8 Å². The summed E-state index contributed by atoms with van der Waals surface area (Å²) >= 11 is 0. The minimum Gasteiger partial charge on any atom is -0.392 e. The monoisotopic (exact) mass is 235 g/mol. The maximum atomic E-state index is 9.11. The number of aromatic nitrogens is 2. The Morgan fingerprint density at radius 3 is 2.82 bits per heavy atom. The van der Waals surface area contributed by atoms with Crippen molar-refractivity contribution in [1.29, 1.82) is 0 Å². The van der Waals surface area contributed by atoms with E-state index in [2.05, 4.69) is 28.7 Å². The van der Waals surface area contributed by atoms with Crippen LogP contribution >= 0.6 is 0 Å². The first-order chi connectivity index (χ1) is 8.11. The zero-order valence-corrected chi connectivity index (χ0v) is 10.8. The van der Waals surface area contributed by atoms with Gasteiger partial charge in [-0.15, -0.1) is 0 Å². The van der Waals surface area contributed by atoms with Crippen molar-refractivity contribution in [3.05, 3.63) is 17.5 Å². The standard InChI is InChI=1S/C13H21N3O/c1-9-4-5-16(10(2)6-9)13-14-7-12(8-17)11(3)15-13/h7,9-10,17H,4-6,8H2,1-3H3. The van der Waals surface area contributed by atoms with Gasteiger partial charge in [-0.05, 0) is 32.6 Å². The molecule has 2 atom stereocenters. The third-order valence-corrected chi connectivity index (χ3v) is 3.63. The summed E-state index contributed by atoms with van der Waals surface area (Å²) in [5, 5.41) is 9.11. The quantitative estimate of drug-likeness (QED) is 0.850. The third-order valence-electron chi connectivity index (χ3n) is 3.63. The summed E-state index contributed by atoms with van der Waals surface area (Å²) in [7, 11) is 0. The lowest BCUT2D eigenvalue weighted by molar-refractivity contribution is 0.280. The molecule has 1 aromatic heterocycles. The van der Waals surface area contributed by atoms with Gasteiger partial charge in [0, 0.05) is 30.0 Å². The summed E-state index contributed by atoms with van der Waals surface area (Å²) in [5.41, 5.74) is 1.69. The second-order valence-electron chi connectivity index (χ2n) is 5.11. The molecular formula is C13H21N3O. The van der Waals surface area contributed by atoms with Crippen molar-refractivity contribution in [2.24, 2.45) is 5.92 Å². The molecule has 0 aliphatic carbocycles. The second-order valence-corrected chi connectivity index (χ2v) is 5.11. The van der Waals surface area contributed by atoms with E-state index in [1.54, 1.807) is 6.20 Å². The molecule has 0 saturated carbocycles. The molecule has 17 heavy (non-hydrogen) atoms. The molecule has 4 heteroatoms. The third kappa shape index (κ3) is 2.57. The molecule has 2 heterocycles. The molecule has 2 rings (SSSR count). The van der Waals surface area contributed by atoms with E-state index in [0.717, 1.165) is 29.7 Å². The Labute approximate surface area is 103 Å². The van der Waals surface area contributed by atoms with Crippen molar-refractivity contribution >= 4 is 5.95 Å². The van der Waals surface area contributed by atoms with Crippen molar-refractivity contribution in [2.45, 2.75) is 46.3 Å². The Bertz CT molecular complexity index is 394. The van der Waals surface area contributed by atoms with Crippen LogP contribution in [0, 0.1) is 12.8 Å². The molecule has 1 N–H and O–H groups in total. The molecule has 0 spiro atoms. The summed E-state index contributed by atoms with van der Waals surface area (Å²) in [5.74, 6) is 1.60. The second kappa shape index (κ2) is 5.00. The molecule has 1 aliphatic heterocycles. The van der Waals surface area contributed by atoms with Gasteiger partial charge in [0.25, 0.3) is 0 Å². The summed E-state index contributed by atoms with van der Waals surface area (Å²) in [4.78, 5) is 11.1. The topological polar surface area (TPSA) is 49.2 Å². The first kappa shape index (κ1) is 12.3. The van der Waals surface area contributed by atoms with Gasteiger partial charge in [-0.25, -0.2) is 9.97 Å². The van der Waals surface area contributed by atoms with Gasteiger partial charge in [0.15, 0.2) is 0 Å². The molecule has 1 aromatic rings. The Morgan fingerprint density at radius 2 is 2.24 bits per heavy atom. The summed E-state index contributed by atoms with van der Waals surface area (Å²) in [6.07, 6.45) is 4.14. The Balaban J connectivity index is 2.19. The number of anilines is 1. The lowest BCUT2D eigenvalue weighted by Gasteiger charge is -2.36. The van der Waals surface area contributed by atoms with Crippen LogP contribution in [0.5, 0.6) is 0 Å². The normalized spacial score (nSPS) is 25.1. The minimum absolute atomic E-state index is 0.0126. The summed E-state index contributed by atoms with van der Waals surface area (Å²) in [6, 6.07) is 0.498. The van der Waals surface area contributed by atoms with Gasteiger partial charge in [-0.3, -0.25) is 0 Å². The predicted molar refractivity (Wildman–Crippen MR) is 67.9 cm³/mol. The van der Waals surface area contributed by atoms with E-state index >= 15 is 0 Å². The minimum atomic E-state index is 0.0126. The lowest BCUT2D eigenvalue weighted by Crippen LogP contribution is -2.41. The highest BCUT2D eigenvalue weighted by molar-refractivity contribution is 5.34. The first-order valence-corrected chi connectivity index (χ1v) is 6.31. The van der Waals surface area contributed by atoms with Crippen LogP contribution in [-0.4, -0.2) is 27.7 Å². The highest BCUT2D eigenvalue weighted by Gasteiger charge is 2.24. The van der Waals surface area contributed by atoms with Gasteiger partial charge >= 0.3 is 0 Å². The van der Waals surface area contributed by atoms with Crippen LogP contribution in [0.3, 0.4) is 0 Å². The molecule has 1 aliphatic rings. The number of aliphatic hydroxyl groups is 1. The number of rotatable bonds is 2. The van der Waals surface area contributed by atoms with Crippen molar-refractivity contribution < 1.29 is 5.11 Å². The van der Waals surface area contributed by atoms with Crippen molar-refractivity contribution in [2.75, 3.05) is 11.4 Å². The van der Waals surface area contributed by atoms with Gasteiger partial charge in [0.05, 0.1) is 6.61 Å². The Kier molecular flexibility index (Phi) is 3.62. The van der Waals surface area contributed by atoms with Crippen LogP contribution in [0.25, 0.3) is 0 Å². The van der Waals surface area contributed by atoms with E-state index in [9.17, 15) is 0 Å². The molecule has 1 fully saturated rings. The number of nitrogens with zero attached hydrogens (tertiary/aromatic N) is 3.